The lowest BCUT2D eigenvalue weighted by molar-refractivity contribution is -0.129. The van der Waals surface area contributed by atoms with E-state index in [0.717, 1.165) is 10.2 Å². The molecular weight excluding hydrogens is 248 g/mol. The second-order valence-electron chi connectivity index (χ2n) is 4.45. The van der Waals surface area contributed by atoms with Crippen LogP contribution < -0.4 is 5.32 Å². The van der Waals surface area contributed by atoms with Crippen LogP contribution in [0.4, 0.5) is 0 Å². The molecule has 0 bridgehead atoms. The summed E-state index contributed by atoms with van der Waals surface area (Å²) < 4.78 is 1.05. The number of nitrogens with one attached hydrogen (secondary N) is 2. The Morgan fingerprint density at radius 3 is 2.78 bits per heavy atom. The molecule has 1 fully saturated rings. The summed E-state index contributed by atoms with van der Waals surface area (Å²) in [6.07, 6.45) is 0. The third kappa shape index (κ3) is 1.35. The van der Waals surface area contributed by atoms with Crippen LogP contribution in [0.3, 0.4) is 0 Å². The fraction of sp³-hybridized carbons (Fsp3) is 0.250. The minimum atomic E-state index is -0.921. The Morgan fingerprint density at radius 2 is 2.17 bits per heavy atom. The first-order valence-electron chi connectivity index (χ1n) is 5.53. The molecule has 1 aliphatic heterocycles. The van der Waals surface area contributed by atoms with E-state index in [9.17, 15) is 4.79 Å². The standard InChI is InChI=1S/C12H12N4OS/c1-12(10(17)16(2)11(13)15-12)9-14-7-5-3-4-6-8(7)18-9/h3-6H,1-2H3,(H2,13,15). The number of aromatic nitrogens is 1. The number of para-hydroxylation sites is 1. The molecule has 2 N–H and O–H groups in total. The lowest BCUT2D eigenvalue weighted by atomic mass is 10.0. The number of benzene rings is 1. The zero-order valence-electron chi connectivity index (χ0n) is 10.0. The largest absolute Gasteiger partial charge is 0.336 e. The molecule has 1 atom stereocenters. The molecular formula is C12H12N4OS. The van der Waals surface area contributed by atoms with Crippen LogP contribution in [0, 0.1) is 5.41 Å². The van der Waals surface area contributed by atoms with Gasteiger partial charge in [0.1, 0.15) is 5.01 Å². The molecule has 3 rings (SSSR count). The van der Waals surface area contributed by atoms with Gasteiger partial charge < -0.3 is 5.32 Å². The highest BCUT2D eigenvalue weighted by atomic mass is 32.1. The average molecular weight is 260 g/mol. The molecule has 92 valence electrons. The van der Waals surface area contributed by atoms with Gasteiger partial charge in [-0.25, -0.2) is 4.98 Å². The monoisotopic (exact) mass is 260 g/mol. The quantitative estimate of drug-likeness (QED) is 0.816. The molecule has 0 spiro atoms. The van der Waals surface area contributed by atoms with Crippen molar-refractivity contribution in [1.29, 1.82) is 5.41 Å². The van der Waals surface area contributed by atoms with E-state index >= 15 is 0 Å². The highest BCUT2D eigenvalue weighted by molar-refractivity contribution is 7.18. The maximum absolute atomic E-state index is 12.2. The zero-order valence-corrected chi connectivity index (χ0v) is 10.8. The van der Waals surface area contributed by atoms with E-state index in [1.807, 2.05) is 24.3 Å². The van der Waals surface area contributed by atoms with E-state index in [1.165, 1.54) is 16.2 Å². The summed E-state index contributed by atoms with van der Waals surface area (Å²) in [4.78, 5) is 18.0. The van der Waals surface area contributed by atoms with E-state index in [-0.39, 0.29) is 11.9 Å². The molecule has 18 heavy (non-hydrogen) atoms. The Labute approximate surface area is 108 Å². The van der Waals surface area contributed by atoms with Crippen molar-refractivity contribution in [3.63, 3.8) is 0 Å². The summed E-state index contributed by atoms with van der Waals surface area (Å²) in [6, 6.07) is 7.78. The molecule has 0 radical (unpaired) electrons. The number of thiazole rings is 1. The second-order valence-corrected chi connectivity index (χ2v) is 5.48. The van der Waals surface area contributed by atoms with Crippen molar-refractivity contribution in [2.24, 2.45) is 0 Å². The highest BCUT2D eigenvalue weighted by Gasteiger charge is 2.47. The lowest BCUT2D eigenvalue weighted by Crippen LogP contribution is -2.40. The molecule has 1 unspecified atom stereocenters. The van der Waals surface area contributed by atoms with Gasteiger partial charge in [0.25, 0.3) is 5.91 Å². The van der Waals surface area contributed by atoms with Gasteiger partial charge in [0, 0.05) is 7.05 Å². The van der Waals surface area contributed by atoms with Crippen LogP contribution in [-0.4, -0.2) is 28.8 Å². The third-order valence-corrected chi connectivity index (χ3v) is 4.42. The van der Waals surface area contributed by atoms with Crippen molar-refractivity contribution in [3.8, 4) is 0 Å². The van der Waals surface area contributed by atoms with E-state index in [1.54, 1.807) is 14.0 Å². The van der Waals surface area contributed by atoms with Crippen molar-refractivity contribution >= 4 is 33.4 Å². The molecule has 5 nitrogen and oxygen atoms in total. The number of likely N-dealkylation sites (N-methyl/N-ethyl adjacent to an activating group) is 1. The highest BCUT2D eigenvalue weighted by Crippen LogP contribution is 2.33. The summed E-state index contributed by atoms with van der Waals surface area (Å²) in [5.74, 6) is -0.0340. The summed E-state index contributed by atoms with van der Waals surface area (Å²) >= 11 is 1.48. The Hall–Kier alpha value is -1.95. The fourth-order valence-electron chi connectivity index (χ4n) is 2.04. The molecule has 6 heteroatoms. The second kappa shape index (κ2) is 3.52. The van der Waals surface area contributed by atoms with Gasteiger partial charge in [-0.3, -0.25) is 15.1 Å². The van der Waals surface area contributed by atoms with Gasteiger partial charge in [-0.1, -0.05) is 12.1 Å². The lowest BCUT2D eigenvalue weighted by Gasteiger charge is -2.17. The van der Waals surface area contributed by atoms with E-state index in [4.69, 9.17) is 5.41 Å². The Kier molecular flexibility index (Phi) is 2.18. The van der Waals surface area contributed by atoms with E-state index < -0.39 is 5.54 Å². The Balaban J connectivity index is 2.14. The summed E-state index contributed by atoms with van der Waals surface area (Å²) in [6.45, 7) is 1.77. The number of hydrogen-bond acceptors (Lipinski definition) is 4. The minimum absolute atomic E-state index is 0.113. The van der Waals surface area contributed by atoms with Gasteiger partial charge >= 0.3 is 0 Å². The molecule has 1 aromatic heterocycles. The van der Waals surface area contributed by atoms with Gasteiger partial charge in [0.2, 0.25) is 0 Å². The number of carbonyl (C=O) groups excluding carboxylic acids is 1. The number of amides is 1. The first-order valence-corrected chi connectivity index (χ1v) is 6.35. The van der Waals surface area contributed by atoms with Crippen LogP contribution in [0.25, 0.3) is 10.2 Å². The van der Waals surface area contributed by atoms with Crippen molar-refractivity contribution in [2.75, 3.05) is 7.05 Å². The molecule has 1 aromatic carbocycles. The molecule has 0 saturated carbocycles. The Morgan fingerprint density at radius 1 is 1.44 bits per heavy atom. The van der Waals surface area contributed by atoms with Crippen LogP contribution in [0.15, 0.2) is 24.3 Å². The third-order valence-electron chi connectivity index (χ3n) is 3.16. The van der Waals surface area contributed by atoms with Crippen molar-refractivity contribution in [1.82, 2.24) is 15.2 Å². The van der Waals surface area contributed by atoms with Gasteiger partial charge in [0.15, 0.2) is 11.5 Å². The maximum atomic E-state index is 12.2. The smallest absolute Gasteiger partial charge is 0.261 e. The van der Waals surface area contributed by atoms with Gasteiger partial charge in [0.05, 0.1) is 10.2 Å². The van der Waals surface area contributed by atoms with Crippen LogP contribution in [0.1, 0.15) is 11.9 Å². The number of guanidine groups is 1. The van der Waals surface area contributed by atoms with E-state index in [0.29, 0.717) is 5.01 Å². The number of carbonyl (C=O) groups is 1. The minimum Gasteiger partial charge on any atom is -0.336 e. The molecule has 1 saturated heterocycles. The fourth-order valence-corrected chi connectivity index (χ4v) is 3.10. The number of nitrogens with zero attached hydrogens (tertiary/aromatic N) is 2. The van der Waals surface area contributed by atoms with Crippen molar-refractivity contribution in [3.05, 3.63) is 29.3 Å². The van der Waals surface area contributed by atoms with Crippen molar-refractivity contribution < 1.29 is 4.79 Å². The molecule has 2 heterocycles. The van der Waals surface area contributed by atoms with Crippen LogP contribution in [0.5, 0.6) is 0 Å². The molecule has 2 aromatic rings. The molecule has 1 aliphatic rings. The number of fused-ring (bicyclic) bond motifs is 1. The summed E-state index contributed by atoms with van der Waals surface area (Å²) in [7, 11) is 1.59. The average Bonchev–Trinajstić information content (AvgIpc) is 2.87. The van der Waals surface area contributed by atoms with Crippen LogP contribution in [0.2, 0.25) is 0 Å². The summed E-state index contributed by atoms with van der Waals surface area (Å²) in [5.41, 5.74) is -0.0374. The Bertz CT molecular complexity index is 632. The SMILES string of the molecule is CN1C(=N)NC(C)(c2nc3ccccc3s2)C1=O. The molecule has 0 aliphatic carbocycles. The topological polar surface area (TPSA) is 69.1 Å². The van der Waals surface area contributed by atoms with E-state index in [2.05, 4.69) is 10.3 Å². The predicted molar refractivity (Wildman–Crippen MR) is 70.6 cm³/mol. The van der Waals surface area contributed by atoms with Gasteiger partial charge in [-0.05, 0) is 19.1 Å². The van der Waals surface area contributed by atoms with Crippen LogP contribution in [-0.2, 0) is 10.3 Å². The number of hydrogen-bond donors (Lipinski definition) is 2. The summed E-state index contributed by atoms with van der Waals surface area (Å²) in [5, 5.41) is 11.3. The maximum Gasteiger partial charge on any atom is 0.261 e. The first-order chi connectivity index (χ1) is 8.52. The normalized spacial score (nSPS) is 23.8. The van der Waals surface area contributed by atoms with Gasteiger partial charge in [-0.2, -0.15) is 0 Å². The molecule has 1 amide bonds. The number of rotatable bonds is 1. The first kappa shape index (κ1) is 11.2. The van der Waals surface area contributed by atoms with Crippen molar-refractivity contribution in [2.45, 2.75) is 12.5 Å². The zero-order chi connectivity index (χ0) is 12.9. The van der Waals surface area contributed by atoms with Crippen LogP contribution >= 0.6 is 11.3 Å². The predicted octanol–water partition coefficient (Wildman–Crippen LogP) is 1.51. The van der Waals surface area contributed by atoms with Gasteiger partial charge in [-0.15, -0.1) is 11.3 Å².